The van der Waals surface area contributed by atoms with Crippen molar-refractivity contribution >= 4 is 11.7 Å². The first kappa shape index (κ1) is 16.5. The molecule has 0 fully saturated rings. The number of urea groups is 1. The zero-order valence-electron chi connectivity index (χ0n) is 13.0. The van der Waals surface area contributed by atoms with Crippen molar-refractivity contribution < 1.29 is 19.7 Å². The number of carbonyl (C=O) groups excluding carboxylic acids is 1. The van der Waals surface area contributed by atoms with Crippen molar-refractivity contribution in [2.24, 2.45) is 0 Å². The number of phenolic OH excluding ortho intramolecular Hbond substituents is 2. The Morgan fingerprint density at radius 3 is 2.65 bits per heavy atom. The van der Waals surface area contributed by atoms with Gasteiger partial charge in [0.25, 0.3) is 0 Å². The number of methoxy groups -OCH3 is 1. The summed E-state index contributed by atoms with van der Waals surface area (Å²) in [6.45, 7) is 1.86. The molecule has 0 heterocycles. The number of nitrogens with one attached hydrogen (secondary N) is 2. The van der Waals surface area contributed by atoms with Crippen molar-refractivity contribution in [3.05, 3.63) is 48.0 Å². The molecule has 2 amide bonds. The largest absolute Gasteiger partial charge is 0.504 e. The van der Waals surface area contributed by atoms with Gasteiger partial charge >= 0.3 is 6.03 Å². The number of ether oxygens (including phenoxy) is 1. The summed E-state index contributed by atoms with van der Waals surface area (Å²) in [6, 6.07) is 11.2. The lowest BCUT2D eigenvalue weighted by Crippen LogP contribution is -2.37. The molecule has 6 nitrogen and oxygen atoms in total. The van der Waals surface area contributed by atoms with E-state index < -0.39 is 0 Å². The van der Waals surface area contributed by atoms with E-state index in [4.69, 9.17) is 4.74 Å². The molecule has 2 rings (SSSR count). The highest BCUT2D eigenvalue weighted by atomic mass is 16.5. The lowest BCUT2D eigenvalue weighted by Gasteiger charge is -2.15. The first-order chi connectivity index (χ1) is 11.0. The Bertz CT molecular complexity index is 688. The molecular weight excluding hydrogens is 296 g/mol. The van der Waals surface area contributed by atoms with Crippen LogP contribution >= 0.6 is 0 Å². The van der Waals surface area contributed by atoms with Crippen LogP contribution in [0, 0.1) is 0 Å². The lowest BCUT2D eigenvalue weighted by atomic mass is 10.1. The van der Waals surface area contributed by atoms with Gasteiger partial charge in [-0.15, -0.1) is 0 Å². The van der Waals surface area contributed by atoms with E-state index in [0.29, 0.717) is 17.9 Å². The van der Waals surface area contributed by atoms with Gasteiger partial charge in [-0.25, -0.2) is 4.79 Å². The Hall–Kier alpha value is -2.89. The molecule has 6 heteroatoms. The highest BCUT2D eigenvalue weighted by Crippen LogP contribution is 2.25. The molecule has 0 aliphatic carbocycles. The Kier molecular flexibility index (Phi) is 5.30. The number of hydrogen-bond donors (Lipinski definition) is 4. The maximum Gasteiger partial charge on any atom is 0.319 e. The van der Waals surface area contributed by atoms with E-state index in [2.05, 4.69) is 10.6 Å². The van der Waals surface area contributed by atoms with E-state index in [1.54, 1.807) is 37.4 Å². The van der Waals surface area contributed by atoms with Crippen LogP contribution in [-0.4, -0.2) is 29.4 Å². The predicted molar refractivity (Wildman–Crippen MR) is 88.1 cm³/mol. The van der Waals surface area contributed by atoms with Crippen LogP contribution in [0.25, 0.3) is 0 Å². The van der Waals surface area contributed by atoms with Gasteiger partial charge in [-0.05, 0) is 43.2 Å². The third-order valence-electron chi connectivity index (χ3n) is 3.29. The van der Waals surface area contributed by atoms with Crippen LogP contribution in [0.2, 0.25) is 0 Å². The smallest absolute Gasteiger partial charge is 0.319 e. The summed E-state index contributed by atoms with van der Waals surface area (Å²) in [4.78, 5) is 12.0. The Morgan fingerprint density at radius 2 is 1.96 bits per heavy atom. The highest BCUT2D eigenvalue weighted by Gasteiger charge is 2.10. The Morgan fingerprint density at radius 1 is 1.17 bits per heavy atom. The van der Waals surface area contributed by atoms with Crippen molar-refractivity contribution in [2.45, 2.75) is 19.4 Å². The number of anilines is 1. The molecule has 1 atom stereocenters. The van der Waals surface area contributed by atoms with Crippen molar-refractivity contribution in [1.29, 1.82) is 0 Å². The van der Waals surface area contributed by atoms with Crippen LogP contribution in [0.4, 0.5) is 10.5 Å². The van der Waals surface area contributed by atoms with Crippen LogP contribution in [0.5, 0.6) is 17.2 Å². The Labute approximate surface area is 134 Å². The second-order valence-corrected chi connectivity index (χ2v) is 5.26. The molecule has 0 aromatic heterocycles. The number of phenols is 2. The fourth-order valence-electron chi connectivity index (χ4n) is 2.19. The zero-order chi connectivity index (χ0) is 16.8. The average molecular weight is 316 g/mol. The molecule has 0 bridgehead atoms. The monoisotopic (exact) mass is 316 g/mol. The average Bonchev–Trinajstić information content (AvgIpc) is 2.51. The molecular formula is C17H20N2O4. The molecule has 23 heavy (non-hydrogen) atoms. The van der Waals surface area contributed by atoms with E-state index >= 15 is 0 Å². The third kappa shape index (κ3) is 4.81. The van der Waals surface area contributed by atoms with Crippen molar-refractivity contribution in [3.63, 3.8) is 0 Å². The molecule has 122 valence electrons. The predicted octanol–water partition coefficient (Wildman–Crippen LogP) is 2.86. The summed E-state index contributed by atoms with van der Waals surface area (Å²) in [6.07, 6.45) is 0.527. The summed E-state index contributed by atoms with van der Waals surface area (Å²) >= 11 is 0. The summed E-state index contributed by atoms with van der Waals surface area (Å²) in [5.41, 5.74) is 1.45. The highest BCUT2D eigenvalue weighted by molar-refractivity contribution is 5.89. The van der Waals surface area contributed by atoms with E-state index in [-0.39, 0.29) is 23.6 Å². The van der Waals surface area contributed by atoms with Gasteiger partial charge in [-0.3, -0.25) is 0 Å². The number of aromatic hydroxyl groups is 2. The van der Waals surface area contributed by atoms with Gasteiger partial charge in [-0.1, -0.05) is 12.1 Å². The summed E-state index contributed by atoms with van der Waals surface area (Å²) < 4.78 is 5.10. The number of hydrogen-bond acceptors (Lipinski definition) is 4. The minimum Gasteiger partial charge on any atom is -0.504 e. The molecule has 0 saturated heterocycles. The molecule has 0 aliphatic heterocycles. The van der Waals surface area contributed by atoms with Gasteiger partial charge in [-0.2, -0.15) is 0 Å². The summed E-state index contributed by atoms with van der Waals surface area (Å²) in [5, 5.41) is 24.3. The van der Waals surface area contributed by atoms with E-state index in [9.17, 15) is 15.0 Å². The van der Waals surface area contributed by atoms with E-state index in [0.717, 1.165) is 5.56 Å². The fourth-order valence-corrected chi connectivity index (χ4v) is 2.19. The van der Waals surface area contributed by atoms with Crippen LogP contribution in [0.15, 0.2) is 42.5 Å². The summed E-state index contributed by atoms with van der Waals surface area (Å²) in [5.74, 6) is 0.330. The quantitative estimate of drug-likeness (QED) is 0.638. The molecule has 2 aromatic carbocycles. The molecule has 0 saturated carbocycles. The first-order valence-electron chi connectivity index (χ1n) is 7.20. The second-order valence-electron chi connectivity index (χ2n) is 5.26. The Balaban J connectivity index is 1.90. The maximum absolute atomic E-state index is 12.0. The van der Waals surface area contributed by atoms with Crippen LogP contribution in [0.3, 0.4) is 0 Å². The molecule has 0 aliphatic rings. The van der Waals surface area contributed by atoms with Crippen LogP contribution < -0.4 is 15.4 Å². The first-order valence-corrected chi connectivity index (χ1v) is 7.20. The van der Waals surface area contributed by atoms with Crippen molar-refractivity contribution in [3.8, 4) is 17.2 Å². The maximum atomic E-state index is 12.0. The van der Waals surface area contributed by atoms with Crippen molar-refractivity contribution in [1.82, 2.24) is 5.32 Å². The SMILES string of the molecule is COc1cccc(NC(=O)N[C@H](C)Cc2ccc(O)c(O)c2)c1. The van der Waals surface area contributed by atoms with Crippen molar-refractivity contribution in [2.75, 3.05) is 12.4 Å². The number of benzene rings is 2. The fraction of sp³-hybridized carbons (Fsp3) is 0.235. The number of rotatable bonds is 5. The number of amides is 2. The molecule has 0 radical (unpaired) electrons. The van der Waals surface area contributed by atoms with E-state index in [1.165, 1.54) is 12.1 Å². The zero-order valence-corrected chi connectivity index (χ0v) is 13.0. The van der Waals surface area contributed by atoms with E-state index in [1.807, 2.05) is 6.92 Å². The molecule has 0 spiro atoms. The van der Waals surface area contributed by atoms with Gasteiger partial charge in [0.15, 0.2) is 11.5 Å². The van der Waals surface area contributed by atoms with Gasteiger partial charge in [0.05, 0.1) is 7.11 Å². The van der Waals surface area contributed by atoms with Gasteiger partial charge in [0.1, 0.15) is 5.75 Å². The van der Waals surface area contributed by atoms with Gasteiger partial charge in [0.2, 0.25) is 0 Å². The van der Waals surface area contributed by atoms with Gasteiger partial charge < -0.3 is 25.6 Å². The minimum absolute atomic E-state index is 0.149. The number of carbonyl (C=O) groups is 1. The van der Waals surface area contributed by atoms with Crippen LogP contribution in [0.1, 0.15) is 12.5 Å². The standard InChI is InChI=1S/C17H20N2O4/c1-11(8-12-6-7-15(20)16(21)9-12)18-17(22)19-13-4-3-5-14(10-13)23-2/h3-7,9-11,20-21H,8H2,1-2H3,(H2,18,19,22)/t11-/m1/s1. The topological polar surface area (TPSA) is 90.8 Å². The van der Waals surface area contributed by atoms with Crippen LogP contribution in [-0.2, 0) is 6.42 Å². The second kappa shape index (κ2) is 7.40. The third-order valence-corrected chi connectivity index (χ3v) is 3.29. The molecule has 2 aromatic rings. The minimum atomic E-state index is -0.325. The molecule has 0 unspecified atom stereocenters. The molecule has 4 N–H and O–H groups in total. The normalized spacial score (nSPS) is 11.6. The lowest BCUT2D eigenvalue weighted by molar-refractivity contribution is 0.249. The van der Waals surface area contributed by atoms with Gasteiger partial charge in [0, 0.05) is 17.8 Å². The summed E-state index contributed by atoms with van der Waals surface area (Å²) in [7, 11) is 1.56.